The number of nitrogens with zero attached hydrogens (tertiary/aromatic N) is 2. The maximum atomic E-state index is 12.4. The number of hydrogen-bond acceptors (Lipinski definition) is 4. The number of aromatic nitrogens is 2. The van der Waals surface area contributed by atoms with Crippen LogP contribution >= 0.6 is 11.6 Å². The topological polar surface area (TPSA) is 93.1 Å². The molecule has 1 heterocycles. The third-order valence-corrected chi connectivity index (χ3v) is 3.94. The molecule has 1 aromatic carbocycles. The lowest BCUT2D eigenvalue weighted by Gasteiger charge is -2.15. The van der Waals surface area contributed by atoms with Crippen LogP contribution in [0.25, 0.3) is 5.69 Å². The van der Waals surface area contributed by atoms with Crippen LogP contribution in [0.15, 0.2) is 35.1 Å². The van der Waals surface area contributed by atoms with Gasteiger partial charge in [0.25, 0.3) is 5.91 Å². The number of halogens is 1. The quantitative estimate of drug-likeness (QED) is 0.804. The van der Waals surface area contributed by atoms with Crippen molar-refractivity contribution in [3.63, 3.8) is 0 Å². The number of amides is 2. The average molecular weight is 377 g/mol. The molecule has 2 amide bonds. The van der Waals surface area contributed by atoms with E-state index in [4.69, 9.17) is 11.6 Å². The Morgan fingerprint density at radius 2 is 1.92 bits per heavy atom. The second kappa shape index (κ2) is 8.62. The lowest BCUT2D eigenvalue weighted by molar-refractivity contribution is -0.122. The van der Waals surface area contributed by atoms with E-state index < -0.39 is 17.4 Å². The first-order valence-electron chi connectivity index (χ1n) is 8.29. The van der Waals surface area contributed by atoms with Crippen molar-refractivity contribution in [2.45, 2.75) is 33.2 Å². The lowest BCUT2D eigenvalue weighted by Crippen LogP contribution is -2.46. The van der Waals surface area contributed by atoms with Gasteiger partial charge in [0.15, 0.2) is 5.69 Å². The summed E-state index contributed by atoms with van der Waals surface area (Å²) >= 11 is 5.89. The maximum Gasteiger partial charge on any atom is 0.276 e. The van der Waals surface area contributed by atoms with Gasteiger partial charge in [0, 0.05) is 23.3 Å². The minimum Gasteiger partial charge on any atom is -0.354 e. The van der Waals surface area contributed by atoms with E-state index in [1.54, 1.807) is 38.1 Å². The van der Waals surface area contributed by atoms with Gasteiger partial charge in [0.05, 0.1) is 5.69 Å². The molecule has 7 nitrogen and oxygen atoms in total. The predicted octanol–water partition coefficient (Wildman–Crippen LogP) is 1.84. The number of nitrogens with one attached hydrogen (secondary N) is 2. The molecule has 8 heteroatoms. The summed E-state index contributed by atoms with van der Waals surface area (Å²) in [6, 6.07) is 7.40. The normalized spacial score (nSPS) is 11.7. The standard InChI is InChI=1S/C18H21ClN4O3/c1-4-9-20-17(25)12(3)21-18(26)16-15(24)10-11(2)23(22-16)14-7-5-13(19)6-8-14/h5-8,10,12H,4,9H2,1-3H3,(H,20,25)(H,21,26). The van der Waals surface area contributed by atoms with Crippen LogP contribution in [0.4, 0.5) is 0 Å². The fourth-order valence-electron chi connectivity index (χ4n) is 2.28. The van der Waals surface area contributed by atoms with Crippen LogP contribution in [0.2, 0.25) is 5.02 Å². The minimum absolute atomic E-state index is 0.277. The van der Waals surface area contributed by atoms with Gasteiger partial charge < -0.3 is 10.6 Å². The van der Waals surface area contributed by atoms with Crippen molar-refractivity contribution in [3.05, 3.63) is 57.0 Å². The SMILES string of the molecule is CCCNC(=O)C(C)NC(=O)c1nn(-c2ccc(Cl)cc2)c(C)cc1=O. The summed E-state index contributed by atoms with van der Waals surface area (Å²) in [6.45, 7) is 5.71. The zero-order valence-electron chi connectivity index (χ0n) is 14.9. The predicted molar refractivity (Wildman–Crippen MR) is 99.8 cm³/mol. The second-order valence-corrected chi connectivity index (χ2v) is 6.31. The van der Waals surface area contributed by atoms with E-state index in [0.717, 1.165) is 6.42 Å². The zero-order chi connectivity index (χ0) is 19.3. The molecule has 1 atom stereocenters. The summed E-state index contributed by atoms with van der Waals surface area (Å²) in [5.41, 5.74) is 0.448. The lowest BCUT2D eigenvalue weighted by atomic mass is 10.2. The first-order chi connectivity index (χ1) is 12.3. The molecule has 2 aromatic rings. The van der Waals surface area contributed by atoms with Gasteiger partial charge in [-0.05, 0) is 44.5 Å². The number of carbonyl (C=O) groups is 2. The molecule has 0 bridgehead atoms. The van der Waals surface area contributed by atoms with E-state index in [0.29, 0.717) is 22.9 Å². The highest BCUT2D eigenvalue weighted by molar-refractivity contribution is 6.30. The largest absolute Gasteiger partial charge is 0.354 e. The van der Waals surface area contributed by atoms with Crippen molar-refractivity contribution in [2.24, 2.45) is 0 Å². The highest BCUT2D eigenvalue weighted by Gasteiger charge is 2.20. The Labute approximate surface area is 156 Å². The number of carbonyl (C=O) groups excluding carboxylic acids is 2. The van der Waals surface area contributed by atoms with Gasteiger partial charge in [-0.2, -0.15) is 5.10 Å². The number of rotatable bonds is 6. The third kappa shape index (κ3) is 4.70. The van der Waals surface area contributed by atoms with Gasteiger partial charge in [-0.1, -0.05) is 18.5 Å². The Bertz CT molecular complexity index is 862. The monoisotopic (exact) mass is 376 g/mol. The summed E-state index contributed by atoms with van der Waals surface area (Å²) in [5, 5.41) is 9.92. The van der Waals surface area contributed by atoms with E-state index in [-0.39, 0.29) is 11.6 Å². The Morgan fingerprint density at radius 3 is 2.54 bits per heavy atom. The smallest absolute Gasteiger partial charge is 0.276 e. The summed E-state index contributed by atoms with van der Waals surface area (Å²) < 4.78 is 1.48. The van der Waals surface area contributed by atoms with Crippen molar-refractivity contribution in [1.82, 2.24) is 20.4 Å². The molecule has 0 spiro atoms. The highest BCUT2D eigenvalue weighted by atomic mass is 35.5. The van der Waals surface area contributed by atoms with Crippen LogP contribution in [-0.2, 0) is 4.79 Å². The minimum atomic E-state index is -0.777. The molecule has 0 aliphatic rings. The number of hydrogen-bond donors (Lipinski definition) is 2. The van der Waals surface area contributed by atoms with E-state index in [9.17, 15) is 14.4 Å². The Morgan fingerprint density at radius 1 is 1.27 bits per heavy atom. The molecule has 1 unspecified atom stereocenters. The fourth-order valence-corrected chi connectivity index (χ4v) is 2.41. The van der Waals surface area contributed by atoms with E-state index in [1.165, 1.54) is 10.7 Å². The Balaban J connectivity index is 2.27. The summed E-state index contributed by atoms with van der Waals surface area (Å²) in [7, 11) is 0. The molecule has 2 rings (SSSR count). The van der Waals surface area contributed by atoms with Crippen LogP contribution in [0.3, 0.4) is 0 Å². The molecule has 138 valence electrons. The molecule has 1 aromatic heterocycles. The van der Waals surface area contributed by atoms with E-state index in [1.807, 2.05) is 6.92 Å². The number of aryl methyl sites for hydroxylation is 1. The summed E-state index contributed by atoms with van der Waals surface area (Å²) in [4.78, 5) is 36.5. The molecule has 0 fully saturated rings. The van der Waals surface area contributed by atoms with Gasteiger partial charge in [0.2, 0.25) is 11.3 Å². The molecular formula is C18H21ClN4O3. The van der Waals surface area contributed by atoms with Crippen LogP contribution in [0.1, 0.15) is 36.5 Å². The Kier molecular flexibility index (Phi) is 6.52. The van der Waals surface area contributed by atoms with Gasteiger partial charge >= 0.3 is 0 Å². The van der Waals surface area contributed by atoms with Crippen LogP contribution in [0.5, 0.6) is 0 Å². The highest BCUT2D eigenvalue weighted by Crippen LogP contribution is 2.13. The molecule has 26 heavy (non-hydrogen) atoms. The van der Waals surface area contributed by atoms with Crippen molar-refractivity contribution in [2.75, 3.05) is 6.54 Å². The molecule has 0 saturated heterocycles. The number of benzene rings is 1. The molecule has 0 radical (unpaired) electrons. The summed E-state index contributed by atoms with van der Waals surface area (Å²) in [6.07, 6.45) is 0.789. The maximum absolute atomic E-state index is 12.4. The Hall–Kier alpha value is -2.67. The fraction of sp³-hybridized carbons (Fsp3) is 0.333. The van der Waals surface area contributed by atoms with Crippen LogP contribution in [0, 0.1) is 6.92 Å². The van der Waals surface area contributed by atoms with Crippen molar-refractivity contribution in [1.29, 1.82) is 0 Å². The molecule has 0 aliphatic heterocycles. The van der Waals surface area contributed by atoms with E-state index in [2.05, 4.69) is 15.7 Å². The second-order valence-electron chi connectivity index (χ2n) is 5.87. The molecule has 0 aliphatic carbocycles. The van der Waals surface area contributed by atoms with Gasteiger partial charge in [0.1, 0.15) is 6.04 Å². The zero-order valence-corrected chi connectivity index (χ0v) is 15.6. The van der Waals surface area contributed by atoms with Crippen LogP contribution in [-0.4, -0.2) is 34.2 Å². The van der Waals surface area contributed by atoms with Gasteiger partial charge in [-0.3, -0.25) is 14.4 Å². The third-order valence-electron chi connectivity index (χ3n) is 3.68. The van der Waals surface area contributed by atoms with Crippen molar-refractivity contribution < 1.29 is 9.59 Å². The summed E-state index contributed by atoms with van der Waals surface area (Å²) in [5.74, 6) is -1.01. The van der Waals surface area contributed by atoms with Crippen molar-refractivity contribution in [3.8, 4) is 5.69 Å². The van der Waals surface area contributed by atoms with Crippen molar-refractivity contribution >= 4 is 23.4 Å². The molecule has 0 saturated carbocycles. The first-order valence-corrected chi connectivity index (χ1v) is 8.66. The first kappa shape index (κ1) is 19.7. The molecular weight excluding hydrogens is 356 g/mol. The molecule has 2 N–H and O–H groups in total. The average Bonchev–Trinajstić information content (AvgIpc) is 2.60. The van der Waals surface area contributed by atoms with Gasteiger partial charge in [-0.15, -0.1) is 0 Å². The van der Waals surface area contributed by atoms with Crippen LogP contribution < -0.4 is 16.1 Å². The van der Waals surface area contributed by atoms with E-state index >= 15 is 0 Å². The van der Waals surface area contributed by atoms with Gasteiger partial charge in [-0.25, -0.2) is 4.68 Å².